The molecule has 31 heavy (non-hydrogen) atoms. The fraction of sp³-hybridized carbons (Fsp3) is 0.409. The van der Waals surface area contributed by atoms with Crippen LogP contribution >= 0.6 is 0 Å². The zero-order chi connectivity index (χ0) is 22.4. The molecule has 0 radical (unpaired) electrons. The minimum absolute atomic E-state index is 0.0781. The van der Waals surface area contributed by atoms with Gasteiger partial charge in [0.15, 0.2) is 0 Å². The molecule has 8 nitrogen and oxygen atoms in total. The molecular formula is C22H29N3O5S. The molecule has 0 aromatic heterocycles. The smallest absolute Gasteiger partial charge is 0.241 e. The quantitative estimate of drug-likeness (QED) is 0.665. The summed E-state index contributed by atoms with van der Waals surface area (Å²) < 4.78 is 38.0. The third-order valence-electron chi connectivity index (χ3n) is 5.18. The number of ether oxygens (including phenoxy) is 2. The molecule has 3 rings (SSSR count). The summed E-state index contributed by atoms with van der Waals surface area (Å²) in [6.07, 6.45) is 0. The maximum Gasteiger partial charge on any atom is 0.241 e. The first-order valence-electron chi connectivity index (χ1n) is 10.1. The molecule has 1 aliphatic heterocycles. The Hall–Kier alpha value is -2.62. The van der Waals surface area contributed by atoms with Gasteiger partial charge in [-0.1, -0.05) is 12.1 Å². The number of morpholine rings is 1. The Balaban J connectivity index is 1.58. The Kier molecular flexibility index (Phi) is 7.53. The molecule has 0 bridgehead atoms. The van der Waals surface area contributed by atoms with Gasteiger partial charge in [-0.05, 0) is 48.9 Å². The van der Waals surface area contributed by atoms with Crippen LogP contribution < -0.4 is 14.4 Å². The number of methoxy groups -OCH3 is 1. The van der Waals surface area contributed by atoms with Crippen molar-refractivity contribution in [3.05, 3.63) is 54.1 Å². The van der Waals surface area contributed by atoms with Gasteiger partial charge in [0.25, 0.3) is 0 Å². The van der Waals surface area contributed by atoms with Gasteiger partial charge in [0.2, 0.25) is 15.9 Å². The lowest BCUT2D eigenvalue weighted by Crippen LogP contribution is -2.45. The van der Waals surface area contributed by atoms with E-state index in [4.69, 9.17) is 9.47 Å². The van der Waals surface area contributed by atoms with E-state index in [0.717, 1.165) is 37.6 Å². The van der Waals surface area contributed by atoms with Crippen LogP contribution in [0.15, 0.2) is 53.4 Å². The van der Waals surface area contributed by atoms with Crippen LogP contribution in [0, 0.1) is 0 Å². The molecule has 1 saturated heterocycles. The molecule has 1 heterocycles. The SMILES string of the molecule is COc1ccc(S(=O)(=O)N[C@@H](C)C(=O)N(C)Cc2ccc(N3CCOCC3)cc2)cc1. The maximum absolute atomic E-state index is 12.7. The van der Waals surface area contributed by atoms with Crippen molar-refractivity contribution in [2.45, 2.75) is 24.4 Å². The van der Waals surface area contributed by atoms with Gasteiger partial charge in [0, 0.05) is 32.4 Å². The first-order chi connectivity index (χ1) is 14.8. The standard InChI is InChI=1S/C22H29N3O5S/c1-17(23-31(27,28)21-10-8-20(29-3)9-11-21)22(26)24(2)16-18-4-6-19(7-5-18)25-12-14-30-15-13-25/h4-11,17,23H,12-16H2,1-3H3/t17-/m0/s1. The summed E-state index contributed by atoms with van der Waals surface area (Å²) in [7, 11) is -0.651. The fourth-order valence-corrected chi connectivity index (χ4v) is 4.62. The van der Waals surface area contributed by atoms with E-state index in [0.29, 0.717) is 12.3 Å². The largest absolute Gasteiger partial charge is 0.497 e. The molecule has 1 N–H and O–H groups in total. The van der Waals surface area contributed by atoms with Crippen LogP contribution in [0.3, 0.4) is 0 Å². The monoisotopic (exact) mass is 447 g/mol. The van der Waals surface area contributed by atoms with E-state index in [1.54, 1.807) is 26.1 Å². The Morgan fingerprint density at radius 3 is 2.32 bits per heavy atom. The summed E-state index contributed by atoms with van der Waals surface area (Å²) in [4.78, 5) is 16.6. The van der Waals surface area contributed by atoms with Gasteiger partial charge in [0.05, 0.1) is 31.3 Å². The summed E-state index contributed by atoms with van der Waals surface area (Å²) in [6, 6.07) is 13.2. The predicted octanol–water partition coefficient (Wildman–Crippen LogP) is 1.86. The first kappa shape index (κ1) is 23.1. The number of nitrogens with one attached hydrogen (secondary N) is 1. The number of rotatable bonds is 8. The molecular weight excluding hydrogens is 418 g/mol. The normalized spacial score (nSPS) is 15.4. The van der Waals surface area contributed by atoms with Gasteiger partial charge < -0.3 is 19.3 Å². The molecule has 1 amide bonds. The van der Waals surface area contributed by atoms with Gasteiger partial charge in [-0.3, -0.25) is 4.79 Å². The van der Waals surface area contributed by atoms with Crippen molar-refractivity contribution in [1.82, 2.24) is 9.62 Å². The van der Waals surface area contributed by atoms with Crippen LogP contribution in [0.4, 0.5) is 5.69 Å². The third kappa shape index (κ3) is 5.96. The zero-order valence-electron chi connectivity index (χ0n) is 18.1. The molecule has 9 heteroatoms. The molecule has 168 valence electrons. The van der Waals surface area contributed by atoms with Crippen molar-refractivity contribution in [3.63, 3.8) is 0 Å². The number of hydrogen-bond acceptors (Lipinski definition) is 6. The van der Waals surface area contributed by atoms with Crippen LogP contribution in [0.25, 0.3) is 0 Å². The lowest BCUT2D eigenvalue weighted by molar-refractivity contribution is -0.131. The van der Waals surface area contributed by atoms with Crippen LogP contribution in [0.2, 0.25) is 0 Å². The molecule has 1 fully saturated rings. The van der Waals surface area contributed by atoms with Gasteiger partial charge in [0.1, 0.15) is 5.75 Å². The number of sulfonamides is 1. The molecule has 0 aliphatic carbocycles. The second-order valence-electron chi connectivity index (χ2n) is 7.48. The van der Waals surface area contributed by atoms with Crippen molar-refractivity contribution >= 4 is 21.6 Å². The van der Waals surface area contributed by atoms with Crippen molar-refractivity contribution < 1.29 is 22.7 Å². The number of hydrogen-bond donors (Lipinski definition) is 1. The summed E-state index contributed by atoms with van der Waals surface area (Å²) in [6.45, 7) is 5.11. The number of anilines is 1. The minimum Gasteiger partial charge on any atom is -0.497 e. The average molecular weight is 448 g/mol. The van der Waals surface area contributed by atoms with Crippen molar-refractivity contribution in [3.8, 4) is 5.75 Å². The lowest BCUT2D eigenvalue weighted by atomic mass is 10.1. The molecule has 2 aromatic carbocycles. The minimum atomic E-state index is -3.82. The summed E-state index contributed by atoms with van der Waals surface area (Å²) >= 11 is 0. The van der Waals surface area contributed by atoms with E-state index in [1.807, 2.05) is 24.3 Å². The number of carbonyl (C=O) groups is 1. The highest BCUT2D eigenvalue weighted by Crippen LogP contribution is 2.18. The lowest BCUT2D eigenvalue weighted by Gasteiger charge is -2.29. The highest BCUT2D eigenvalue weighted by atomic mass is 32.2. The van der Waals surface area contributed by atoms with Crippen LogP contribution in [-0.2, 0) is 26.1 Å². The van der Waals surface area contributed by atoms with E-state index in [2.05, 4.69) is 9.62 Å². The van der Waals surface area contributed by atoms with Gasteiger partial charge in [-0.25, -0.2) is 8.42 Å². The van der Waals surface area contributed by atoms with Crippen molar-refractivity contribution in [2.75, 3.05) is 45.4 Å². The highest BCUT2D eigenvalue weighted by Gasteiger charge is 2.24. The summed E-state index contributed by atoms with van der Waals surface area (Å²) in [5.41, 5.74) is 2.10. The van der Waals surface area contributed by atoms with E-state index in [9.17, 15) is 13.2 Å². The Labute approximate surface area is 183 Å². The predicted molar refractivity (Wildman–Crippen MR) is 119 cm³/mol. The molecule has 0 unspecified atom stereocenters. The fourth-order valence-electron chi connectivity index (χ4n) is 3.42. The number of carbonyl (C=O) groups excluding carboxylic acids is 1. The third-order valence-corrected chi connectivity index (χ3v) is 6.74. The topological polar surface area (TPSA) is 88.2 Å². The molecule has 0 spiro atoms. The zero-order valence-corrected chi connectivity index (χ0v) is 18.9. The average Bonchev–Trinajstić information content (AvgIpc) is 2.79. The Bertz CT molecular complexity index is 971. The maximum atomic E-state index is 12.7. The molecule has 2 aromatic rings. The van der Waals surface area contributed by atoms with E-state index in [-0.39, 0.29) is 10.8 Å². The molecule has 1 aliphatic rings. The van der Waals surface area contributed by atoms with Crippen LogP contribution in [0.5, 0.6) is 5.75 Å². The van der Waals surface area contributed by atoms with Crippen LogP contribution in [0.1, 0.15) is 12.5 Å². The van der Waals surface area contributed by atoms with E-state index >= 15 is 0 Å². The second kappa shape index (κ2) is 10.1. The van der Waals surface area contributed by atoms with E-state index < -0.39 is 16.1 Å². The Morgan fingerprint density at radius 1 is 1.13 bits per heavy atom. The number of benzene rings is 2. The van der Waals surface area contributed by atoms with Crippen molar-refractivity contribution in [1.29, 1.82) is 0 Å². The summed E-state index contributed by atoms with van der Waals surface area (Å²) in [5.74, 6) is 0.247. The molecule has 1 atom stereocenters. The Morgan fingerprint density at radius 2 is 1.74 bits per heavy atom. The second-order valence-corrected chi connectivity index (χ2v) is 9.19. The number of likely N-dealkylation sites (N-methyl/N-ethyl adjacent to an activating group) is 1. The van der Waals surface area contributed by atoms with Gasteiger partial charge >= 0.3 is 0 Å². The number of amides is 1. The van der Waals surface area contributed by atoms with Gasteiger partial charge in [-0.2, -0.15) is 4.72 Å². The number of nitrogens with zero attached hydrogens (tertiary/aromatic N) is 2. The first-order valence-corrected chi connectivity index (χ1v) is 11.6. The van der Waals surface area contributed by atoms with Crippen molar-refractivity contribution in [2.24, 2.45) is 0 Å². The van der Waals surface area contributed by atoms with Gasteiger partial charge in [-0.15, -0.1) is 0 Å². The molecule has 0 saturated carbocycles. The van der Waals surface area contributed by atoms with Crippen LogP contribution in [-0.4, -0.2) is 65.7 Å². The highest BCUT2D eigenvalue weighted by molar-refractivity contribution is 7.89. The van der Waals surface area contributed by atoms with E-state index in [1.165, 1.54) is 24.1 Å². The summed E-state index contributed by atoms with van der Waals surface area (Å²) in [5, 5.41) is 0.